The fourth-order valence-corrected chi connectivity index (χ4v) is 3.27. The Balaban J connectivity index is 1.71. The smallest absolute Gasteiger partial charge is 0.425 e. The number of amidine groups is 1. The molecule has 0 spiro atoms. The normalized spacial score (nSPS) is 21.5. The van der Waals surface area contributed by atoms with E-state index in [4.69, 9.17) is 10.3 Å². The summed E-state index contributed by atoms with van der Waals surface area (Å²) in [6.45, 7) is 1.33. The quantitative estimate of drug-likeness (QED) is 0.621. The lowest BCUT2D eigenvalue weighted by Gasteiger charge is -2.36. The van der Waals surface area contributed by atoms with Gasteiger partial charge in [-0.2, -0.15) is 13.2 Å². The van der Waals surface area contributed by atoms with E-state index in [2.05, 4.69) is 24.9 Å². The van der Waals surface area contributed by atoms with E-state index in [1.54, 1.807) is 0 Å². The summed E-state index contributed by atoms with van der Waals surface area (Å²) < 4.78 is 77.1. The maximum Gasteiger partial charge on any atom is 0.425 e. The molecular formula is C19H14F5N5O2. The Morgan fingerprint density at radius 3 is 2.52 bits per heavy atom. The van der Waals surface area contributed by atoms with Gasteiger partial charge in [0.1, 0.15) is 5.82 Å². The number of halogens is 5. The zero-order chi connectivity index (χ0) is 22.4. The highest BCUT2D eigenvalue weighted by Crippen LogP contribution is 2.41. The Morgan fingerprint density at radius 2 is 1.84 bits per heavy atom. The van der Waals surface area contributed by atoms with Crippen molar-refractivity contribution in [3.05, 3.63) is 53.9 Å². The van der Waals surface area contributed by atoms with Crippen molar-refractivity contribution in [1.29, 1.82) is 0 Å². The van der Waals surface area contributed by atoms with Crippen LogP contribution >= 0.6 is 0 Å². The Kier molecular flexibility index (Phi) is 4.86. The van der Waals surface area contributed by atoms with Crippen molar-refractivity contribution in [2.24, 2.45) is 10.7 Å². The van der Waals surface area contributed by atoms with E-state index in [-0.39, 0.29) is 22.8 Å². The highest BCUT2D eigenvalue weighted by molar-refractivity contribution is 5.73. The number of hydrogen-bond acceptors (Lipinski definition) is 7. The molecule has 12 heteroatoms. The molecule has 0 saturated heterocycles. The molecule has 3 aromatic rings. The van der Waals surface area contributed by atoms with Crippen LogP contribution in [0.1, 0.15) is 18.9 Å². The summed E-state index contributed by atoms with van der Waals surface area (Å²) in [5.41, 5.74) is 4.21. The first-order valence-electron chi connectivity index (χ1n) is 8.89. The largest absolute Gasteiger partial charge is 0.452 e. The van der Waals surface area contributed by atoms with Crippen LogP contribution in [0.4, 0.5) is 22.0 Å². The minimum Gasteiger partial charge on any atom is -0.452 e. The van der Waals surface area contributed by atoms with Crippen LogP contribution in [0.5, 0.6) is 0 Å². The molecule has 1 aliphatic heterocycles. The maximum absolute atomic E-state index is 14.6. The topological polar surface area (TPSA) is 99.4 Å². The first-order valence-corrected chi connectivity index (χ1v) is 8.89. The number of rotatable bonds is 3. The third kappa shape index (κ3) is 4.05. The molecule has 0 amide bonds. The van der Waals surface area contributed by atoms with E-state index in [9.17, 15) is 22.0 Å². The molecule has 2 aromatic heterocycles. The molecule has 0 bridgehead atoms. The predicted octanol–water partition coefficient (Wildman–Crippen LogP) is 3.96. The summed E-state index contributed by atoms with van der Waals surface area (Å²) in [6, 6.07) is 4.51. The van der Waals surface area contributed by atoms with Crippen LogP contribution in [0.2, 0.25) is 0 Å². The molecule has 0 unspecified atom stereocenters. The van der Waals surface area contributed by atoms with Crippen LogP contribution in [0.3, 0.4) is 0 Å². The standard InChI is InChI=1S/C19H14F5N5O2/c1-18(6-15(19(22,23)24)30-17(25)28-18)11-4-9(2-3-12(11)21)14-5-13(29-31-14)16-26-7-10(20)8-27-16/h2-5,7-8,15H,6H2,1H3,(H2,25,28)/t15-,18-/m0/s1. The zero-order valence-corrected chi connectivity index (χ0v) is 15.8. The number of aromatic nitrogens is 3. The summed E-state index contributed by atoms with van der Waals surface area (Å²) >= 11 is 0. The Labute approximate surface area is 171 Å². The summed E-state index contributed by atoms with van der Waals surface area (Å²) in [4.78, 5) is 11.5. The third-order valence-corrected chi connectivity index (χ3v) is 4.76. The lowest BCUT2D eigenvalue weighted by Crippen LogP contribution is -2.46. The van der Waals surface area contributed by atoms with E-state index in [0.29, 0.717) is 5.56 Å². The van der Waals surface area contributed by atoms with Crippen molar-refractivity contribution in [1.82, 2.24) is 15.1 Å². The molecule has 1 aromatic carbocycles. The van der Waals surface area contributed by atoms with E-state index in [1.807, 2.05) is 0 Å². The minimum atomic E-state index is -4.70. The molecule has 0 aliphatic carbocycles. The van der Waals surface area contributed by atoms with Gasteiger partial charge in [-0.25, -0.2) is 23.7 Å². The van der Waals surface area contributed by atoms with Gasteiger partial charge in [0, 0.05) is 23.6 Å². The van der Waals surface area contributed by atoms with Crippen molar-refractivity contribution >= 4 is 6.02 Å². The first-order chi connectivity index (χ1) is 14.5. The number of alkyl halides is 3. The number of benzene rings is 1. The van der Waals surface area contributed by atoms with Crippen LogP contribution in [0.25, 0.3) is 22.8 Å². The lowest BCUT2D eigenvalue weighted by atomic mass is 9.84. The van der Waals surface area contributed by atoms with Crippen molar-refractivity contribution in [3.63, 3.8) is 0 Å². The van der Waals surface area contributed by atoms with Crippen LogP contribution < -0.4 is 5.73 Å². The molecular weight excluding hydrogens is 425 g/mol. The first kappa shape index (κ1) is 20.7. The van der Waals surface area contributed by atoms with Crippen LogP contribution in [0, 0.1) is 11.6 Å². The van der Waals surface area contributed by atoms with Gasteiger partial charge in [-0.3, -0.25) is 0 Å². The molecule has 7 nitrogen and oxygen atoms in total. The highest BCUT2D eigenvalue weighted by atomic mass is 19.4. The van der Waals surface area contributed by atoms with E-state index in [0.717, 1.165) is 18.5 Å². The second-order valence-corrected chi connectivity index (χ2v) is 7.07. The Bertz CT molecular complexity index is 1150. The van der Waals surface area contributed by atoms with Gasteiger partial charge >= 0.3 is 6.18 Å². The fourth-order valence-electron chi connectivity index (χ4n) is 3.27. The number of nitrogens with two attached hydrogens (primary N) is 1. The van der Waals surface area contributed by atoms with E-state index >= 15 is 0 Å². The maximum atomic E-state index is 14.6. The van der Waals surface area contributed by atoms with Gasteiger partial charge in [-0.05, 0) is 25.1 Å². The van der Waals surface area contributed by atoms with Gasteiger partial charge in [-0.15, -0.1) is 0 Å². The average molecular weight is 439 g/mol. The number of hydrogen-bond donors (Lipinski definition) is 1. The van der Waals surface area contributed by atoms with Gasteiger partial charge in [0.15, 0.2) is 29.2 Å². The molecule has 2 atom stereocenters. The van der Waals surface area contributed by atoms with Gasteiger partial charge in [0.05, 0.1) is 17.9 Å². The fraction of sp³-hybridized carbons (Fsp3) is 0.263. The summed E-state index contributed by atoms with van der Waals surface area (Å²) in [5.74, 6) is -1.13. The number of aliphatic imine (C=N–C) groups is 1. The van der Waals surface area contributed by atoms with Crippen LogP contribution in [-0.4, -0.2) is 33.4 Å². The Morgan fingerprint density at radius 1 is 1.13 bits per heavy atom. The Hall–Kier alpha value is -3.57. The van der Waals surface area contributed by atoms with Gasteiger partial charge in [0.25, 0.3) is 6.02 Å². The number of ether oxygens (including phenoxy) is 1. The second-order valence-electron chi connectivity index (χ2n) is 7.07. The predicted molar refractivity (Wildman–Crippen MR) is 97.4 cm³/mol. The monoisotopic (exact) mass is 439 g/mol. The van der Waals surface area contributed by atoms with Crippen LogP contribution in [-0.2, 0) is 10.3 Å². The molecule has 31 heavy (non-hydrogen) atoms. The molecule has 162 valence electrons. The summed E-state index contributed by atoms with van der Waals surface area (Å²) in [7, 11) is 0. The minimum absolute atomic E-state index is 0.0977. The summed E-state index contributed by atoms with van der Waals surface area (Å²) in [5, 5.41) is 3.80. The molecule has 1 aliphatic rings. The zero-order valence-electron chi connectivity index (χ0n) is 15.8. The van der Waals surface area contributed by atoms with Crippen molar-refractivity contribution in [3.8, 4) is 22.8 Å². The van der Waals surface area contributed by atoms with E-state index < -0.39 is 41.9 Å². The highest BCUT2D eigenvalue weighted by Gasteiger charge is 2.50. The third-order valence-electron chi connectivity index (χ3n) is 4.76. The van der Waals surface area contributed by atoms with Crippen molar-refractivity contribution < 1.29 is 31.2 Å². The summed E-state index contributed by atoms with van der Waals surface area (Å²) in [6.07, 6.45) is -5.69. The molecule has 3 heterocycles. The SMILES string of the molecule is C[C@@]1(c2cc(-c3cc(-c4ncc(F)cn4)no3)ccc2F)C[C@@H](C(F)(F)F)OC(N)=N1. The van der Waals surface area contributed by atoms with Gasteiger partial charge < -0.3 is 15.0 Å². The van der Waals surface area contributed by atoms with Gasteiger partial charge in [-0.1, -0.05) is 5.16 Å². The molecule has 0 saturated carbocycles. The average Bonchev–Trinajstić information content (AvgIpc) is 3.17. The molecule has 0 fully saturated rings. The number of nitrogens with zero attached hydrogens (tertiary/aromatic N) is 4. The second kappa shape index (κ2) is 7.29. The van der Waals surface area contributed by atoms with Crippen molar-refractivity contribution in [2.75, 3.05) is 0 Å². The molecule has 0 radical (unpaired) electrons. The lowest BCUT2D eigenvalue weighted by molar-refractivity contribution is -0.208. The van der Waals surface area contributed by atoms with Crippen LogP contribution in [0.15, 0.2) is 46.2 Å². The van der Waals surface area contributed by atoms with E-state index in [1.165, 1.54) is 25.1 Å². The molecule has 2 N–H and O–H groups in total. The van der Waals surface area contributed by atoms with Crippen molar-refractivity contribution in [2.45, 2.75) is 31.2 Å². The van der Waals surface area contributed by atoms with Gasteiger partial charge in [0.2, 0.25) is 0 Å². The molecule has 4 rings (SSSR count).